The van der Waals surface area contributed by atoms with Gasteiger partial charge in [-0.2, -0.15) is 5.10 Å². The Labute approximate surface area is 105 Å². The van der Waals surface area contributed by atoms with Crippen molar-refractivity contribution in [1.82, 2.24) is 15.5 Å². The molecule has 1 unspecified atom stereocenters. The predicted molar refractivity (Wildman–Crippen MR) is 70.1 cm³/mol. The lowest BCUT2D eigenvalue weighted by molar-refractivity contribution is 0.0940. The highest BCUT2D eigenvalue weighted by Gasteiger charge is 2.16. The Bertz CT molecular complexity index is 528. The number of nitrogens with zero attached hydrogens (tertiary/aromatic N) is 1. The van der Waals surface area contributed by atoms with E-state index in [1.54, 1.807) is 18.5 Å². The SMILES string of the molecule is Cc1cccc(N)c1C(=O)NC(C)c1cn[nH]c1. The number of nitrogens with two attached hydrogens (primary N) is 1. The van der Waals surface area contributed by atoms with Crippen LogP contribution in [0, 0.1) is 6.92 Å². The topological polar surface area (TPSA) is 83.8 Å². The molecule has 18 heavy (non-hydrogen) atoms. The van der Waals surface area contributed by atoms with Crippen LogP contribution in [0.15, 0.2) is 30.6 Å². The van der Waals surface area contributed by atoms with Gasteiger partial charge in [0.05, 0.1) is 17.8 Å². The monoisotopic (exact) mass is 244 g/mol. The molecule has 1 aromatic carbocycles. The molecule has 0 aliphatic heterocycles. The van der Waals surface area contributed by atoms with E-state index in [-0.39, 0.29) is 11.9 Å². The quantitative estimate of drug-likeness (QED) is 0.720. The summed E-state index contributed by atoms with van der Waals surface area (Å²) in [4.78, 5) is 12.2. The highest BCUT2D eigenvalue weighted by atomic mass is 16.1. The zero-order valence-corrected chi connectivity index (χ0v) is 10.4. The van der Waals surface area contributed by atoms with Crippen LogP contribution in [0.1, 0.15) is 34.5 Å². The van der Waals surface area contributed by atoms with Crippen molar-refractivity contribution in [3.63, 3.8) is 0 Å². The maximum absolute atomic E-state index is 12.2. The van der Waals surface area contributed by atoms with Crippen LogP contribution in [0.4, 0.5) is 5.69 Å². The van der Waals surface area contributed by atoms with Crippen molar-refractivity contribution in [3.05, 3.63) is 47.3 Å². The van der Waals surface area contributed by atoms with Gasteiger partial charge in [0.15, 0.2) is 0 Å². The van der Waals surface area contributed by atoms with Gasteiger partial charge in [0, 0.05) is 17.4 Å². The molecule has 0 aliphatic carbocycles. The number of amides is 1. The van der Waals surface area contributed by atoms with E-state index < -0.39 is 0 Å². The first kappa shape index (κ1) is 12.2. The Morgan fingerprint density at radius 3 is 2.89 bits per heavy atom. The van der Waals surface area contributed by atoms with E-state index in [0.717, 1.165) is 11.1 Å². The summed E-state index contributed by atoms with van der Waals surface area (Å²) in [5.74, 6) is -0.167. The zero-order valence-electron chi connectivity index (χ0n) is 10.4. The maximum atomic E-state index is 12.2. The minimum absolute atomic E-state index is 0.116. The van der Waals surface area contributed by atoms with Crippen LogP contribution in [0.5, 0.6) is 0 Å². The molecule has 2 rings (SSSR count). The molecule has 0 fully saturated rings. The highest BCUT2D eigenvalue weighted by molar-refractivity contribution is 6.00. The minimum Gasteiger partial charge on any atom is -0.398 e. The van der Waals surface area contributed by atoms with Gasteiger partial charge in [0.25, 0.3) is 5.91 Å². The average molecular weight is 244 g/mol. The zero-order chi connectivity index (χ0) is 13.1. The number of H-pyrrole nitrogens is 1. The average Bonchev–Trinajstić information content (AvgIpc) is 2.81. The Balaban J connectivity index is 2.18. The molecule has 1 amide bonds. The van der Waals surface area contributed by atoms with Gasteiger partial charge in [-0.05, 0) is 25.5 Å². The van der Waals surface area contributed by atoms with Crippen LogP contribution in [0.2, 0.25) is 0 Å². The number of benzene rings is 1. The number of hydrogen-bond acceptors (Lipinski definition) is 3. The van der Waals surface area contributed by atoms with Crippen molar-refractivity contribution >= 4 is 11.6 Å². The van der Waals surface area contributed by atoms with Crippen LogP contribution in [0.3, 0.4) is 0 Å². The number of rotatable bonds is 3. The first-order chi connectivity index (χ1) is 8.59. The molecule has 5 nitrogen and oxygen atoms in total. The molecule has 5 heteroatoms. The molecule has 0 radical (unpaired) electrons. The van der Waals surface area contributed by atoms with Gasteiger partial charge in [-0.1, -0.05) is 12.1 Å². The molecule has 1 aromatic heterocycles. The Morgan fingerprint density at radius 2 is 2.28 bits per heavy atom. The smallest absolute Gasteiger partial charge is 0.254 e. The summed E-state index contributed by atoms with van der Waals surface area (Å²) in [6.45, 7) is 3.77. The first-order valence-corrected chi connectivity index (χ1v) is 5.74. The summed E-state index contributed by atoms with van der Waals surface area (Å²) in [6, 6.07) is 5.31. The van der Waals surface area contributed by atoms with Gasteiger partial charge < -0.3 is 11.1 Å². The number of carbonyl (C=O) groups excluding carboxylic acids is 1. The molecule has 94 valence electrons. The van der Waals surface area contributed by atoms with Gasteiger partial charge in [0.2, 0.25) is 0 Å². The fourth-order valence-corrected chi connectivity index (χ4v) is 1.85. The van der Waals surface area contributed by atoms with Gasteiger partial charge in [-0.3, -0.25) is 9.89 Å². The molecule has 0 bridgehead atoms. The van der Waals surface area contributed by atoms with Crippen LogP contribution < -0.4 is 11.1 Å². The molecular weight excluding hydrogens is 228 g/mol. The Hall–Kier alpha value is -2.30. The van der Waals surface area contributed by atoms with Gasteiger partial charge in [0.1, 0.15) is 0 Å². The second kappa shape index (κ2) is 4.91. The minimum atomic E-state index is -0.167. The number of anilines is 1. The van der Waals surface area contributed by atoms with Crippen LogP contribution in [-0.2, 0) is 0 Å². The van der Waals surface area contributed by atoms with Gasteiger partial charge >= 0.3 is 0 Å². The Kier molecular flexibility index (Phi) is 3.32. The van der Waals surface area contributed by atoms with E-state index in [9.17, 15) is 4.79 Å². The van der Waals surface area contributed by atoms with Crippen molar-refractivity contribution in [2.45, 2.75) is 19.9 Å². The normalized spacial score (nSPS) is 12.1. The number of carbonyl (C=O) groups is 1. The third-order valence-electron chi connectivity index (χ3n) is 2.90. The lowest BCUT2D eigenvalue weighted by Crippen LogP contribution is -2.27. The van der Waals surface area contributed by atoms with E-state index in [0.29, 0.717) is 11.3 Å². The number of nitrogen functional groups attached to an aromatic ring is 1. The highest BCUT2D eigenvalue weighted by Crippen LogP contribution is 2.18. The van der Waals surface area contributed by atoms with E-state index in [4.69, 9.17) is 5.73 Å². The van der Waals surface area contributed by atoms with Crippen LogP contribution >= 0.6 is 0 Å². The van der Waals surface area contributed by atoms with Crippen LogP contribution in [0.25, 0.3) is 0 Å². The van der Waals surface area contributed by atoms with Crippen molar-refractivity contribution in [3.8, 4) is 0 Å². The molecule has 0 spiro atoms. The van der Waals surface area contributed by atoms with Crippen LogP contribution in [-0.4, -0.2) is 16.1 Å². The lowest BCUT2D eigenvalue weighted by Gasteiger charge is -2.14. The molecule has 0 saturated heterocycles. The van der Waals surface area contributed by atoms with E-state index in [1.807, 2.05) is 26.0 Å². The third kappa shape index (κ3) is 2.34. The van der Waals surface area contributed by atoms with Crippen molar-refractivity contribution in [1.29, 1.82) is 0 Å². The number of nitrogens with one attached hydrogen (secondary N) is 2. The summed E-state index contributed by atoms with van der Waals surface area (Å²) in [5, 5.41) is 9.48. The summed E-state index contributed by atoms with van der Waals surface area (Å²) >= 11 is 0. The van der Waals surface area contributed by atoms with E-state index >= 15 is 0 Å². The molecule has 1 heterocycles. The number of aromatic amines is 1. The van der Waals surface area contributed by atoms with E-state index in [1.165, 1.54) is 0 Å². The number of aryl methyl sites for hydroxylation is 1. The third-order valence-corrected chi connectivity index (χ3v) is 2.90. The fraction of sp³-hybridized carbons (Fsp3) is 0.231. The summed E-state index contributed by atoms with van der Waals surface area (Å²) in [5.41, 5.74) is 8.66. The molecule has 2 aromatic rings. The second-order valence-electron chi connectivity index (χ2n) is 4.27. The summed E-state index contributed by atoms with van der Waals surface area (Å²) in [7, 11) is 0. The van der Waals surface area contributed by atoms with Gasteiger partial charge in [-0.25, -0.2) is 0 Å². The number of aromatic nitrogens is 2. The van der Waals surface area contributed by atoms with Crippen molar-refractivity contribution < 1.29 is 4.79 Å². The predicted octanol–water partition coefficient (Wildman–Crippen LogP) is 1.79. The number of hydrogen-bond donors (Lipinski definition) is 3. The van der Waals surface area contributed by atoms with E-state index in [2.05, 4.69) is 15.5 Å². The van der Waals surface area contributed by atoms with Crippen molar-refractivity contribution in [2.24, 2.45) is 0 Å². The van der Waals surface area contributed by atoms with Gasteiger partial charge in [-0.15, -0.1) is 0 Å². The second-order valence-corrected chi connectivity index (χ2v) is 4.27. The summed E-state index contributed by atoms with van der Waals surface area (Å²) < 4.78 is 0. The first-order valence-electron chi connectivity index (χ1n) is 5.74. The molecule has 4 N–H and O–H groups in total. The Morgan fingerprint density at radius 1 is 1.50 bits per heavy atom. The maximum Gasteiger partial charge on any atom is 0.254 e. The largest absolute Gasteiger partial charge is 0.398 e. The molecule has 0 aliphatic rings. The lowest BCUT2D eigenvalue weighted by atomic mass is 10.1. The summed E-state index contributed by atoms with van der Waals surface area (Å²) in [6.07, 6.45) is 3.44. The standard InChI is InChI=1S/C13H16N4O/c1-8-4-3-5-11(14)12(8)13(18)17-9(2)10-6-15-16-7-10/h3-7,9H,14H2,1-2H3,(H,15,16)(H,17,18). The molecule has 1 atom stereocenters. The molecular formula is C13H16N4O. The fourth-order valence-electron chi connectivity index (χ4n) is 1.85. The van der Waals surface area contributed by atoms with Crippen molar-refractivity contribution in [2.75, 3.05) is 5.73 Å². The molecule has 0 saturated carbocycles.